The van der Waals surface area contributed by atoms with Crippen LogP contribution in [0.4, 0.5) is 0 Å². The number of hydrogen-bond acceptors (Lipinski definition) is 4. The molecule has 2 aromatic heterocycles. The van der Waals surface area contributed by atoms with Gasteiger partial charge in [-0.2, -0.15) is 0 Å². The van der Waals surface area contributed by atoms with Gasteiger partial charge in [-0.1, -0.05) is 24.3 Å². The highest BCUT2D eigenvalue weighted by Crippen LogP contribution is 2.29. The highest BCUT2D eigenvalue weighted by atomic mass is 15.2. The molecule has 1 fully saturated rings. The molecule has 0 bridgehead atoms. The molecule has 0 spiro atoms. The van der Waals surface area contributed by atoms with Crippen LogP contribution in [0.3, 0.4) is 0 Å². The number of nitrogens with one attached hydrogen (secondary N) is 1. The van der Waals surface area contributed by atoms with Gasteiger partial charge in [-0.15, -0.1) is 0 Å². The predicted octanol–water partition coefficient (Wildman–Crippen LogP) is 3.01. The third kappa shape index (κ3) is 3.16. The van der Waals surface area contributed by atoms with Gasteiger partial charge in [0.15, 0.2) is 0 Å². The molecule has 1 atom stereocenters. The summed E-state index contributed by atoms with van der Waals surface area (Å²) in [5.41, 5.74) is 3.52. The van der Waals surface area contributed by atoms with E-state index in [4.69, 9.17) is 0 Å². The number of benzene rings is 1. The topological polar surface area (TPSA) is 41.1 Å². The van der Waals surface area contributed by atoms with Crippen molar-refractivity contribution in [3.63, 3.8) is 0 Å². The van der Waals surface area contributed by atoms with E-state index in [1.807, 2.05) is 30.7 Å². The van der Waals surface area contributed by atoms with Crippen LogP contribution >= 0.6 is 0 Å². The fourth-order valence-electron chi connectivity index (χ4n) is 3.51. The van der Waals surface area contributed by atoms with E-state index in [2.05, 4.69) is 50.5 Å². The first-order valence-electron chi connectivity index (χ1n) is 8.61. The molecule has 0 saturated carbocycles. The number of fused-ring (bicyclic) bond motifs is 1. The van der Waals surface area contributed by atoms with Gasteiger partial charge in [0.05, 0.1) is 11.6 Å². The standard InChI is InChI=1S/C20H22N4/c1-2-7-19-16(5-1)13-18(15-23-19)20(17-6-3-8-22-14-17)24-11-4-9-21-10-12-24/h1-3,5-8,13-15,20-21H,4,9-12H2. The lowest BCUT2D eigenvalue weighted by atomic mass is 9.98. The number of para-hydroxylation sites is 1. The van der Waals surface area contributed by atoms with Gasteiger partial charge in [0.1, 0.15) is 0 Å². The second-order valence-electron chi connectivity index (χ2n) is 6.29. The summed E-state index contributed by atoms with van der Waals surface area (Å²) in [6.45, 7) is 4.23. The Kier molecular flexibility index (Phi) is 4.49. The highest BCUT2D eigenvalue weighted by Gasteiger charge is 2.23. The largest absolute Gasteiger partial charge is 0.315 e. The number of pyridine rings is 2. The van der Waals surface area contributed by atoms with Gasteiger partial charge in [-0.3, -0.25) is 14.9 Å². The lowest BCUT2D eigenvalue weighted by Crippen LogP contribution is -2.33. The van der Waals surface area contributed by atoms with Crippen LogP contribution in [0.25, 0.3) is 10.9 Å². The average Bonchev–Trinajstić information content (AvgIpc) is 2.92. The van der Waals surface area contributed by atoms with Gasteiger partial charge in [0.25, 0.3) is 0 Å². The molecule has 24 heavy (non-hydrogen) atoms. The molecule has 4 heteroatoms. The van der Waals surface area contributed by atoms with Crippen molar-refractivity contribution in [1.82, 2.24) is 20.2 Å². The first kappa shape index (κ1) is 15.2. The van der Waals surface area contributed by atoms with Crippen molar-refractivity contribution in [1.29, 1.82) is 0 Å². The number of rotatable bonds is 3. The van der Waals surface area contributed by atoms with Gasteiger partial charge in [-0.25, -0.2) is 0 Å². The summed E-state index contributed by atoms with van der Waals surface area (Å²) in [4.78, 5) is 11.6. The Bertz CT molecular complexity index is 795. The molecule has 4 rings (SSSR count). The lowest BCUT2D eigenvalue weighted by Gasteiger charge is -2.31. The molecule has 0 aliphatic carbocycles. The van der Waals surface area contributed by atoms with Crippen LogP contribution in [0.5, 0.6) is 0 Å². The molecule has 1 aliphatic rings. The smallest absolute Gasteiger partial charge is 0.0702 e. The van der Waals surface area contributed by atoms with Crippen molar-refractivity contribution in [3.8, 4) is 0 Å². The van der Waals surface area contributed by atoms with Crippen LogP contribution in [-0.2, 0) is 0 Å². The molecule has 1 saturated heterocycles. The normalized spacial score (nSPS) is 17.5. The fourth-order valence-corrected chi connectivity index (χ4v) is 3.51. The molecule has 4 nitrogen and oxygen atoms in total. The summed E-state index contributed by atoms with van der Waals surface area (Å²) >= 11 is 0. The second-order valence-corrected chi connectivity index (χ2v) is 6.29. The minimum atomic E-state index is 0.204. The minimum Gasteiger partial charge on any atom is -0.315 e. The molecule has 1 N–H and O–H groups in total. The molecule has 1 aromatic carbocycles. The van der Waals surface area contributed by atoms with Crippen LogP contribution in [-0.4, -0.2) is 41.0 Å². The maximum Gasteiger partial charge on any atom is 0.0702 e. The van der Waals surface area contributed by atoms with E-state index >= 15 is 0 Å². The van der Waals surface area contributed by atoms with Crippen LogP contribution in [0.2, 0.25) is 0 Å². The maximum atomic E-state index is 4.68. The first-order chi connectivity index (χ1) is 11.9. The molecule has 1 unspecified atom stereocenters. The molecule has 3 aromatic rings. The van der Waals surface area contributed by atoms with Crippen molar-refractivity contribution in [2.75, 3.05) is 26.2 Å². The van der Waals surface area contributed by atoms with Crippen molar-refractivity contribution >= 4 is 10.9 Å². The van der Waals surface area contributed by atoms with Crippen molar-refractivity contribution in [3.05, 3.63) is 72.2 Å². The fraction of sp³-hybridized carbons (Fsp3) is 0.300. The summed E-state index contributed by atoms with van der Waals surface area (Å²) in [5, 5.41) is 4.68. The van der Waals surface area contributed by atoms with Crippen LogP contribution in [0.1, 0.15) is 23.6 Å². The van der Waals surface area contributed by atoms with E-state index in [0.717, 1.165) is 38.1 Å². The lowest BCUT2D eigenvalue weighted by molar-refractivity contribution is 0.240. The van der Waals surface area contributed by atoms with E-state index < -0.39 is 0 Å². The Hall–Kier alpha value is -2.30. The van der Waals surface area contributed by atoms with Gasteiger partial charge < -0.3 is 5.32 Å². The van der Waals surface area contributed by atoms with E-state index in [9.17, 15) is 0 Å². The Morgan fingerprint density at radius 1 is 0.958 bits per heavy atom. The number of nitrogens with zero attached hydrogens (tertiary/aromatic N) is 3. The van der Waals surface area contributed by atoms with Crippen LogP contribution in [0, 0.1) is 0 Å². The Morgan fingerprint density at radius 3 is 2.83 bits per heavy atom. The van der Waals surface area contributed by atoms with Crippen molar-refractivity contribution < 1.29 is 0 Å². The third-order valence-corrected chi connectivity index (χ3v) is 4.67. The number of aromatic nitrogens is 2. The zero-order chi connectivity index (χ0) is 16.2. The molecular weight excluding hydrogens is 296 g/mol. The molecule has 122 valence electrons. The van der Waals surface area contributed by atoms with Crippen molar-refractivity contribution in [2.45, 2.75) is 12.5 Å². The summed E-state index contributed by atoms with van der Waals surface area (Å²) in [6, 6.07) is 15.0. The van der Waals surface area contributed by atoms with E-state index in [1.54, 1.807) is 0 Å². The molecule has 3 heterocycles. The van der Waals surface area contributed by atoms with Crippen LogP contribution < -0.4 is 5.32 Å². The minimum absolute atomic E-state index is 0.204. The van der Waals surface area contributed by atoms with E-state index in [0.29, 0.717) is 0 Å². The molecule has 0 radical (unpaired) electrons. The van der Waals surface area contributed by atoms with Crippen LogP contribution in [0.15, 0.2) is 61.1 Å². The van der Waals surface area contributed by atoms with Crippen molar-refractivity contribution in [2.24, 2.45) is 0 Å². The summed E-state index contributed by atoms with van der Waals surface area (Å²) in [7, 11) is 0. The second kappa shape index (κ2) is 7.07. The number of hydrogen-bond donors (Lipinski definition) is 1. The SMILES string of the molecule is c1cncc(C(c2cnc3ccccc3c2)N2CCCNCC2)c1. The Balaban J connectivity index is 1.78. The predicted molar refractivity (Wildman–Crippen MR) is 96.9 cm³/mol. The zero-order valence-corrected chi connectivity index (χ0v) is 13.7. The van der Waals surface area contributed by atoms with Gasteiger partial charge in [0.2, 0.25) is 0 Å². The summed E-state index contributed by atoms with van der Waals surface area (Å²) in [5.74, 6) is 0. The van der Waals surface area contributed by atoms with E-state index in [-0.39, 0.29) is 6.04 Å². The summed E-state index contributed by atoms with van der Waals surface area (Å²) in [6.07, 6.45) is 7.01. The maximum absolute atomic E-state index is 4.68. The van der Waals surface area contributed by atoms with Gasteiger partial charge in [0, 0.05) is 43.6 Å². The first-order valence-corrected chi connectivity index (χ1v) is 8.61. The van der Waals surface area contributed by atoms with E-state index in [1.165, 1.54) is 16.5 Å². The zero-order valence-electron chi connectivity index (χ0n) is 13.7. The molecular formula is C20H22N4. The summed E-state index contributed by atoms with van der Waals surface area (Å²) < 4.78 is 0. The highest BCUT2D eigenvalue weighted by molar-refractivity contribution is 5.79. The Morgan fingerprint density at radius 2 is 1.92 bits per heavy atom. The van der Waals surface area contributed by atoms with Gasteiger partial charge in [-0.05, 0) is 42.3 Å². The molecule has 0 amide bonds. The Labute approximate surface area is 142 Å². The quantitative estimate of drug-likeness (QED) is 0.806. The van der Waals surface area contributed by atoms with Gasteiger partial charge >= 0.3 is 0 Å². The monoisotopic (exact) mass is 318 g/mol. The molecule has 1 aliphatic heterocycles. The third-order valence-electron chi connectivity index (χ3n) is 4.67. The average molecular weight is 318 g/mol.